The summed E-state index contributed by atoms with van der Waals surface area (Å²) in [5, 5.41) is 4.52. The van der Waals surface area contributed by atoms with E-state index in [1.54, 1.807) is 26.0 Å². The molecule has 0 aliphatic carbocycles. The van der Waals surface area contributed by atoms with Crippen LogP contribution >= 0.6 is 12.4 Å². The molecule has 1 aromatic heterocycles. The number of para-hydroxylation sites is 2. The van der Waals surface area contributed by atoms with Gasteiger partial charge in [0, 0.05) is 16.8 Å². The summed E-state index contributed by atoms with van der Waals surface area (Å²) < 4.78 is 1.92. The number of hydrazine groups is 1. The number of aromatic nitrogens is 3. The van der Waals surface area contributed by atoms with Gasteiger partial charge in [-0.3, -0.25) is 10.6 Å². The number of nitrogen functional groups attached to an aromatic ring is 1. The lowest BCUT2D eigenvalue weighted by Crippen LogP contribution is -2.07. The predicted octanol–water partition coefficient (Wildman–Crippen LogP) is 7.56. The second kappa shape index (κ2) is 16.5. The Bertz CT molecular complexity index is 1540. The smallest absolute Gasteiger partial charge is 0.276 e. The largest absolute Gasteiger partial charge is 0.324 e. The number of carbonyl (C=O) groups excluding carboxylic acids is 1. The average molecular weight is 569 g/mol. The van der Waals surface area contributed by atoms with Crippen molar-refractivity contribution < 1.29 is 4.79 Å². The van der Waals surface area contributed by atoms with Crippen LogP contribution in [0.5, 0.6) is 0 Å². The third-order valence-corrected chi connectivity index (χ3v) is 5.74. The van der Waals surface area contributed by atoms with Gasteiger partial charge in [0.1, 0.15) is 5.82 Å². The van der Waals surface area contributed by atoms with Gasteiger partial charge in [-0.15, -0.1) is 12.4 Å². The molecule has 0 unspecified atom stereocenters. The van der Waals surface area contributed by atoms with Crippen LogP contribution in [0.4, 0.5) is 5.69 Å². The Morgan fingerprint density at radius 2 is 1.29 bits per heavy atom. The van der Waals surface area contributed by atoms with Gasteiger partial charge in [0.2, 0.25) is 0 Å². The summed E-state index contributed by atoms with van der Waals surface area (Å²) in [6.07, 6.45) is 0. The van der Waals surface area contributed by atoms with Crippen molar-refractivity contribution in [3.8, 4) is 17.1 Å². The van der Waals surface area contributed by atoms with Crippen LogP contribution in [0.25, 0.3) is 17.1 Å². The number of aliphatic imine (C=N–C) groups is 1. The highest BCUT2D eigenvalue weighted by molar-refractivity contribution is 6.02. The number of nitrogens with one attached hydrogen (secondary N) is 1. The first kappa shape index (κ1) is 32.6. The van der Waals surface area contributed by atoms with Crippen LogP contribution < -0.4 is 11.3 Å². The van der Waals surface area contributed by atoms with Gasteiger partial charge in [0.05, 0.1) is 11.4 Å². The minimum absolute atomic E-state index is 0. The molecule has 0 fully saturated rings. The molecule has 41 heavy (non-hydrogen) atoms. The van der Waals surface area contributed by atoms with E-state index in [0.717, 1.165) is 34.3 Å². The lowest BCUT2D eigenvalue weighted by molar-refractivity contribution is 0.100. The normalized spacial score (nSPS) is 9.61. The maximum atomic E-state index is 11.3. The van der Waals surface area contributed by atoms with Crippen LogP contribution in [0.3, 0.4) is 0 Å². The number of hydrogen-bond acceptors (Lipinski definition) is 5. The third-order valence-electron chi connectivity index (χ3n) is 5.74. The quantitative estimate of drug-likeness (QED) is 0.132. The zero-order chi connectivity index (χ0) is 28.9. The molecule has 0 atom stereocenters. The number of anilines is 1. The van der Waals surface area contributed by atoms with Gasteiger partial charge < -0.3 is 5.43 Å². The standard InChI is InChI=1S/C16H15N3.C10H11NO.C7H10N2.ClH/c1-12-8-6-7-11-15(12)19-16(17-13(2)18-19)14-9-4-3-5-10-14;1-8(2)11-10(12)9-6-4-3-5-7-9;1-6-4-2-3-5-7(6)9-8;/h3-11H,1-2H3;3-7H,1-2H3;2-5,9H,8H2,1H3;1H. The number of amides is 1. The molecule has 0 saturated heterocycles. The molecule has 0 radical (unpaired) electrons. The number of nitrogens with zero attached hydrogens (tertiary/aromatic N) is 4. The number of halogens is 1. The summed E-state index contributed by atoms with van der Waals surface area (Å²) in [5.41, 5.74) is 9.50. The van der Waals surface area contributed by atoms with Gasteiger partial charge in [-0.05, 0) is 70.0 Å². The summed E-state index contributed by atoms with van der Waals surface area (Å²) in [7, 11) is 0. The van der Waals surface area contributed by atoms with E-state index in [0.29, 0.717) is 5.56 Å². The molecular formula is C33H37ClN6O. The van der Waals surface area contributed by atoms with Crippen molar-refractivity contribution >= 4 is 29.7 Å². The first-order chi connectivity index (χ1) is 19.3. The van der Waals surface area contributed by atoms with Crippen LogP contribution in [0.1, 0.15) is 41.2 Å². The Balaban J connectivity index is 0.000000231. The highest BCUT2D eigenvalue weighted by atomic mass is 35.5. The molecule has 0 aliphatic heterocycles. The Morgan fingerprint density at radius 1 is 0.756 bits per heavy atom. The Labute approximate surface area is 248 Å². The van der Waals surface area contributed by atoms with E-state index in [4.69, 9.17) is 5.84 Å². The fourth-order valence-corrected chi connectivity index (χ4v) is 3.74. The van der Waals surface area contributed by atoms with Crippen LogP contribution in [0.2, 0.25) is 0 Å². The summed E-state index contributed by atoms with van der Waals surface area (Å²) in [5.74, 6) is 6.69. The number of hydrogen-bond donors (Lipinski definition) is 2. The van der Waals surface area contributed by atoms with Gasteiger partial charge >= 0.3 is 0 Å². The summed E-state index contributed by atoms with van der Waals surface area (Å²) in [4.78, 5) is 19.6. The molecule has 8 heteroatoms. The van der Waals surface area contributed by atoms with Crippen LogP contribution in [0, 0.1) is 20.8 Å². The zero-order valence-corrected chi connectivity index (χ0v) is 24.9. The molecule has 0 saturated carbocycles. The monoisotopic (exact) mass is 568 g/mol. The minimum atomic E-state index is -0.171. The molecule has 7 nitrogen and oxygen atoms in total. The summed E-state index contributed by atoms with van der Waals surface area (Å²) in [6, 6.07) is 35.3. The minimum Gasteiger partial charge on any atom is -0.324 e. The molecule has 5 aromatic rings. The fourth-order valence-electron chi connectivity index (χ4n) is 3.74. The first-order valence-electron chi connectivity index (χ1n) is 13.0. The van der Waals surface area contributed by atoms with E-state index in [1.807, 2.05) is 91.3 Å². The fraction of sp³-hybridized carbons (Fsp3) is 0.152. The summed E-state index contributed by atoms with van der Waals surface area (Å²) >= 11 is 0. The molecule has 1 amide bonds. The number of carbonyl (C=O) groups is 1. The maximum Gasteiger partial charge on any atom is 0.276 e. The number of aryl methyl sites for hydroxylation is 3. The van der Waals surface area contributed by atoms with E-state index in [1.165, 1.54) is 11.1 Å². The molecule has 0 spiro atoms. The second-order valence-electron chi connectivity index (χ2n) is 9.24. The first-order valence-corrected chi connectivity index (χ1v) is 13.0. The zero-order valence-electron chi connectivity index (χ0n) is 24.1. The van der Waals surface area contributed by atoms with E-state index < -0.39 is 0 Å². The maximum absolute atomic E-state index is 11.3. The van der Waals surface area contributed by atoms with E-state index in [2.05, 4.69) is 51.7 Å². The van der Waals surface area contributed by atoms with E-state index >= 15 is 0 Å². The Hall–Kier alpha value is -4.59. The van der Waals surface area contributed by atoms with Crippen molar-refractivity contribution in [2.24, 2.45) is 10.8 Å². The topological polar surface area (TPSA) is 98.2 Å². The van der Waals surface area contributed by atoms with Crippen molar-refractivity contribution in [3.63, 3.8) is 0 Å². The molecule has 5 rings (SSSR count). The van der Waals surface area contributed by atoms with Gasteiger partial charge in [-0.2, -0.15) is 5.10 Å². The third kappa shape index (κ3) is 9.83. The van der Waals surface area contributed by atoms with Crippen molar-refractivity contribution in [1.29, 1.82) is 0 Å². The lowest BCUT2D eigenvalue weighted by atomic mass is 10.2. The lowest BCUT2D eigenvalue weighted by Gasteiger charge is -2.08. The van der Waals surface area contributed by atoms with Crippen molar-refractivity contribution in [3.05, 3.63) is 132 Å². The molecular weight excluding hydrogens is 532 g/mol. The molecule has 0 aliphatic rings. The van der Waals surface area contributed by atoms with Crippen molar-refractivity contribution in [2.75, 3.05) is 5.43 Å². The molecule has 0 bridgehead atoms. The highest BCUT2D eigenvalue weighted by Gasteiger charge is 2.12. The van der Waals surface area contributed by atoms with Crippen molar-refractivity contribution in [1.82, 2.24) is 14.8 Å². The number of nitrogens with two attached hydrogens (primary N) is 1. The van der Waals surface area contributed by atoms with Gasteiger partial charge in [0.15, 0.2) is 5.82 Å². The molecule has 212 valence electrons. The van der Waals surface area contributed by atoms with Crippen LogP contribution in [-0.2, 0) is 0 Å². The Kier molecular flexibility index (Phi) is 13.1. The molecule has 1 heterocycles. The Morgan fingerprint density at radius 3 is 1.83 bits per heavy atom. The molecule has 3 N–H and O–H groups in total. The molecule has 4 aromatic carbocycles. The van der Waals surface area contributed by atoms with Crippen molar-refractivity contribution in [2.45, 2.75) is 34.6 Å². The summed E-state index contributed by atoms with van der Waals surface area (Å²) in [6.45, 7) is 9.62. The SMILES string of the molecule is CC(C)=NC(=O)c1ccccc1.Cc1ccccc1NN.Cc1nc(-c2ccccc2)n(-c2ccccc2C)n1.Cl. The van der Waals surface area contributed by atoms with Gasteiger partial charge in [0.25, 0.3) is 5.91 Å². The average Bonchev–Trinajstić information content (AvgIpc) is 3.36. The van der Waals surface area contributed by atoms with E-state index in [9.17, 15) is 4.79 Å². The van der Waals surface area contributed by atoms with Gasteiger partial charge in [-0.1, -0.05) is 84.9 Å². The van der Waals surface area contributed by atoms with E-state index in [-0.39, 0.29) is 18.3 Å². The highest BCUT2D eigenvalue weighted by Crippen LogP contribution is 2.22. The van der Waals surface area contributed by atoms with Crippen LogP contribution in [0.15, 0.2) is 114 Å². The second-order valence-corrected chi connectivity index (χ2v) is 9.24. The van der Waals surface area contributed by atoms with Gasteiger partial charge in [-0.25, -0.2) is 14.7 Å². The number of rotatable bonds is 4. The predicted molar refractivity (Wildman–Crippen MR) is 172 cm³/mol. The number of benzene rings is 4. The van der Waals surface area contributed by atoms with Crippen LogP contribution in [-0.4, -0.2) is 26.4 Å².